The van der Waals surface area contributed by atoms with E-state index in [-0.39, 0.29) is 13.2 Å². The minimum atomic E-state index is 0.0123. The first-order valence-electron chi connectivity index (χ1n) is 4.38. The van der Waals surface area contributed by atoms with E-state index in [1.165, 1.54) is 0 Å². The van der Waals surface area contributed by atoms with Gasteiger partial charge in [-0.15, -0.1) is 0 Å². The average Bonchev–Trinajstić information content (AvgIpc) is 2.24. The van der Waals surface area contributed by atoms with Crippen molar-refractivity contribution >= 4 is 12.2 Å². The van der Waals surface area contributed by atoms with Crippen LogP contribution in [0, 0.1) is 0 Å². The molecule has 0 unspecified atom stereocenters. The van der Waals surface area contributed by atoms with Gasteiger partial charge in [0.1, 0.15) is 0 Å². The van der Waals surface area contributed by atoms with Crippen molar-refractivity contribution in [3.8, 4) is 0 Å². The number of aromatic nitrogens is 1. The number of aliphatic hydroxyl groups excluding tert-OH is 2. The summed E-state index contributed by atoms with van der Waals surface area (Å²) in [5.74, 6) is 0. The molecule has 0 aliphatic heterocycles. The summed E-state index contributed by atoms with van der Waals surface area (Å²) in [6.45, 7) is 0.0246. The molecule has 1 aromatic rings. The van der Waals surface area contributed by atoms with Gasteiger partial charge in [0.05, 0.1) is 24.6 Å². The topological polar surface area (TPSA) is 53.4 Å². The molecule has 3 nitrogen and oxygen atoms in total. The average molecular weight is 191 g/mol. The highest BCUT2D eigenvalue weighted by Gasteiger charge is 1.89. The van der Waals surface area contributed by atoms with Gasteiger partial charge in [-0.05, 0) is 24.3 Å². The van der Waals surface area contributed by atoms with E-state index in [0.717, 1.165) is 11.4 Å². The van der Waals surface area contributed by atoms with Crippen molar-refractivity contribution in [1.29, 1.82) is 0 Å². The molecule has 0 radical (unpaired) electrons. The van der Waals surface area contributed by atoms with Crippen LogP contribution in [0.3, 0.4) is 0 Å². The highest BCUT2D eigenvalue weighted by atomic mass is 16.3. The van der Waals surface area contributed by atoms with Crippen LogP contribution in [0.15, 0.2) is 30.4 Å². The Morgan fingerprint density at radius 3 is 1.93 bits per heavy atom. The minimum absolute atomic E-state index is 0.0123. The van der Waals surface area contributed by atoms with Crippen LogP contribution in [-0.2, 0) is 0 Å². The van der Waals surface area contributed by atoms with Crippen LogP contribution in [0.4, 0.5) is 0 Å². The molecule has 0 aromatic carbocycles. The highest BCUT2D eigenvalue weighted by Crippen LogP contribution is 2.03. The number of hydrogen-bond donors (Lipinski definition) is 2. The Morgan fingerprint density at radius 2 is 1.50 bits per heavy atom. The third-order valence-electron chi connectivity index (χ3n) is 1.58. The fraction of sp³-hybridized carbons (Fsp3) is 0.182. The Kier molecular flexibility index (Phi) is 4.61. The lowest BCUT2D eigenvalue weighted by Crippen LogP contribution is -1.85. The summed E-state index contributed by atoms with van der Waals surface area (Å²) in [4.78, 5) is 4.25. The summed E-state index contributed by atoms with van der Waals surface area (Å²) < 4.78 is 0. The maximum Gasteiger partial charge on any atom is 0.0634 e. The van der Waals surface area contributed by atoms with Crippen LogP contribution >= 0.6 is 0 Å². The van der Waals surface area contributed by atoms with Gasteiger partial charge < -0.3 is 10.2 Å². The molecule has 74 valence electrons. The summed E-state index contributed by atoms with van der Waals surface area (Å²) in [5.41, 5.74) is 1.58. The Balaban J connectivity index is 2.78. The fourth-order valence-corrected chi connectivity index (χ4v) is 1.00. The molecule has 0 aliphatic carbocycles. The Hall–Kier alpha value is -1.45. The van der Waals surface area contributed by atoms with Crippen molar-refractivity contribution in [3.05, 3.63) is 41.7 Å². The van der Waals surface area contributed by atoms with Crippen LogP contribution < -0.4 is 0 Å². The zero-order chi connectivity index (χ0) is 10.2. The molecular weight excluding hydrogens is 178 g/mol. The van der Waals surface area contributed by atoms with E-state index < -0.39 is 0 Å². The zero-order valence-electron chi connectivity index (χ0n) is 7.80. The van der Waals surface area contributed by atoms with Crippen LogP contribution in [-0.4, -0.2) is 28.4 Å². The maximum absolute atomic E-state index is 8.58. The second-order valence-corrected chi connectivity index (χ2v) is 2.66. The SMILES string of the molecule is OC/C=C/c1cccc(/C=C/CO)n1. The first kappa shape index (κ1) is 10.6. The number of hydrogen-bond acceptors (Lipinski definition) is 3. The van der Waals surface area contributed by atoms with Crippen LogP contribution in [0.2, 0.25) is 0 Å². The predicted octanol–water partition coefficient (Wildman–Crippen LogP) is 1.09. The standard InChI is InChI=1S/C11H13NO2/c13-8-2-6-10-4-1-5-11(12-10)7-3-9-14/h1-7,13-14H,8-9H2/b6-2+,7-3+. The summed E-state index contributed by atoms with van der Waals surface area (Å²) in [6.07, 6.45) is 6.75. The Bertz CT molecular complexity index is 303. The fourth-order valence-electron chi connectivity index (χ4n) is 1.00. The van der Waals surface area contributed by atoms with Gasteiger partial charge >= 0.3 is 0 Å². The molecule has 0 spiro atoms. The quantitative estimate of drug-likeness (QED) is 0.749. The molecule has 1 rings (SSSR count). The van der Waals surface area contributed by atoms with E-state index in [9.17, 15) is 0 Å². The summed E-state index contributed by atoms with van der Waals surface area (Å²) in [5, 5.41) is 17.2. The lowest BCUT2D eigenvalue weighted by atomic mass is 10.2. The molecule has 0 saturated heterocycles. The first-order chi connectivity index (χ1) is 6.86. The molecule has 3 heteroatoms. The Labute approximate surface area is 83.0 Å². The molecule has 0 saturated carbocycles. The van der Waals surface area contributed by atoms with Crippen LogP contribution in [0.25, 0.3) is 12.2 Å². The van der Waals surface area contributed by atoms with Gasteiger partial charge in [-0.2, -0.15) is 0 Å². The monoisotopic (exact) mass is 191 g/mol. The zero-order valence-corrected chi connectivity index (χ0v) is 7.80. The normalized spacial score (nSPS) is 11.6. The summed E-state index contributed by atoms with van der Waals surface area (Å²) in [6, 6.07) is 5.58. The number of aliphatic hydroxyl groups is 2. The van der Waals surface area contributed by atoms with E-state index in [0.29, 0.717) is 0 Å². The molecule has 1 aromatic heterocycles. The predicted molar refractivity (Wildman–Crippen MR) is 56.5 cm³/mol. The highest BCUT2D eigenvalue weighted by molar-refractivity contribution is 5.50. The molecule has 0 aliphatic rings. The largest absolute Gasteiger partial charge is 0.392 e. The van der Waals surface area contributed by atoms with Crippen molar-refractivity contribution < 1.29 is 10.2 Å². The first-order valence-corrected chi connectivity index (χ1v) is 4.38. The molecular formula is C11H13NO2. The van der Waals surface area contributed by atoms with Crippen LogP contribution in [0.5, 0.6) is 0 Å². The molecule has 14 heavy (non-hydrogen) atoms. The van der Waals surface area contributed by atoms with E-state index >= 15 is 0 Å². The molecule has 1 heterocycles. The lowest BCUT2D eigenvalue weighted by Gasteiger charge is -1.95. The minimum Gasteiger partial charge on any atom is -0.392 e. The smallest absolute Gasteiger partial charge is 0.0634 e. The van der Waals surface area contributed by atoms with E-state index in [2.05, 4.69) is 4.98 Å². The van der Waals surface area contributed by atoms with Gasteiger partial charge in [0.25, 0.3) is 0 Å². The van der Waals surface area contributed by atoms with Gasteiger partial charge in [-0.25, -0.2) is 4.98 Å². The van der Waals surface area contributed by atoms with Crippen molar-refractivity contribution in [2.45, 2.75) is 0 Å². The van der Waals surface area contributed by atoms with Gasteiger partial charge in [-0.3, -0.25) is 0 Å². The van der Waals surface area contributed by atoms with E-state index in [4.69, 9.17) is 10.2 Å². The number of nitrogens with zero attached hydrogens (tertiary/aromatic N) is 1. The molecule has 0 amide bonds. The van der Waals surface area contributed by atoms with E-state index in [1.54, 1.807) is 24.3 Å². The van der Waals surface area contributed by atoms with Crippen LogP contribution in [0.1, 0.15) is 11.4 Å². The van der Waals surface area contributed by atoms with Gasteiger partial charge in [0.2, 0.25) is 0 Å². The molecule has 0 fully saturated rings. The second-order valence-electron chi connectivity index (χ2n) is 2.66. The summed E-state index contributed by atoms with van der Waals surface area (Å²) in [7, 11) is 0. The van der Waals surface area contributed by atoms with Crippen molar-refractivity contribution in [3.63, 3.8) is 0 Å². The third kappa shape index (κ3) is 3.51. The number of pyridine rings is 1. The van der Waals surface area contributed by atoms with Crippen molar-refractivity contribution in [2.24, 2.45) is 0 Å². The maximum atomic E-state index is 8.58. The second kappa shape index (κ2) is 6.07. The van der Waals surface area contributed by atoms with Gasteiger partial charge in [0, 0.05) is 0 Å². The van der Waals surface area contributed by atoms with Crippen molar-refractivity contribution in [2.75, 3.05) is 13.2 Å². The van der Waals surface area contributed by atoms with E-state index in [1.807, 2.05) is 18.2 Å². The molecule has 2 N–H and O–H groups in total. The number of rotatable bonds is 4. The molecule has 0 atom stereocenters. The lowest BCUT2D eigenvalue weighted by molar-refractivity contribution is 0.343. The summed E-state index contributed by atoms with van der Waals surface area (Å²) >= 11 is 0. The van der Waals surface area contributed by atoms with Gasteiger partial charge in [0.15, 0.2) is 0 Å². The molecule has 0 bridgehead atoms. The third-order valence-corrected chi connectivity index (χ3v) is 1.58. The van der Waals surface area contributed by atoms with Gasteiger partial charge in [-0.1, -0.05) is 18.2 Å². The van der Waals surface area contributed by atoms with Crippen molar-refractivity contribution in [1.82, 2.24) is 4.98 Å². The Morgan fingerprint density at radius 1 is 1.00 bits per heavy atom.